The minimum atomic E-state index is -1.04. The molecule has 0 aliphatic rings. The van der Waals surface area contributed by atoms with Gasteiger partial charge in [-0.05, 0) is 5.56 Å². The minimum Gasteiger partial charge on any atom is -0.480 e. The van der Waals surface area contributed by atoms with Crippen molar-refractivity contribution in [3.63, 3.8) is 0 Å². The normalized spacial score (nSPS) is 12.4. The predicted molar refractivity (Wildman–Crippen MR) is 51.7 cm³/mol. The number of carbonyl (C=O) groups is 1. The molecule has 0 fully saturated rings. The van der Waals surface area contributed by atoms with Gasteiger partial charge in [0.15, 0.2) is 0 Å². The monoisotopic (exact) mass is 195 g/mol. The number of rotatable bonds is 5. The lowest BCUT2D eigenvalue weighted by Crippen LogP contribution is -2.34. The van der Waals surface area contributed by atoms with Gasteiger partial charge in [0.1, 0.15) is 6.04 Å². The highest BCUT2D eigenvalue weighted by molar-refractivity contribution is 5.73. The number of carboxylic acid groups (broad SMARTS) is 1. The van der Waals surface area contributed by atoms with Crippen LogP contribution >= 0.6 is 0 Å². The highest BCUT2D eigenvalue weighted by Crippen LogP contribution is 2.00. The van der Waals surface area contributed by atoms with E-state index in [1.165, 1.54) is 0 Å². The van der Waals surface area contributed by atoms with Gasteiger partial charge in [-0.25, -0.2) is 0 Å². The second kappa shape index (κ2) is 5.36. The third-order valence-electron chi connectivity index (χ3n) is 1.73. The van der Waals surface area contributed by atoms with E-state index < -0.39 is 12.0 Å². The number of aliphatic carboxylic acids is 1. The topological polar surface area (TPSA) is 72.5 Å². The number of carboxylic acids is 1. The fourth-order valence-corrected chi connectivity index (χ4v) is 0.949. The third-order valence-corrected chi connectivity index (χ3v) is 1.73. The SMILES string of the molecule is N[C@H](COCc1ccccc1)C(=O)O. The fourth-order valence-electron chi connectivity index (χ4n) is 0.949. The lowest BCUT2D eigenvalue weighted by molar-refractivity contribution is -0.140. The van der Waals surface area contributed by atoms with E-state index in [0.717, 1.165) is 5.56 Å². The van der Waals surface area contributed by atoms with Crippen LogP contribution in [0, 0.1) is 0 Å². The van der Waals surface area contributed by atoms with Crippen LogP contribution in [0.5, 0.6) is 0 Å². The largest absolute Gasteiger partial charge is 0.480 e. The van der Waals surface area contributed by atoms with Gasteiger partial charge in [0.25, 0.3) is 0 Å². The number of nitrogens with two attached hydrogens (primary N) is 1. The van der Waals surface area contributed by atoms with Crippen LogP contribution in [0.1, 0.15) is 5.56 Å². The number of ether oxygens (including phenoxy) is 1. The Bertz CT molecular complexity index is 287. The Hall–Kier alpha value is -1.39. The molecule has 1 rings (SSSR count). The Morgan fingerprint density at radius 3 is 2.64 bits per heavy atom. The maximum absolute atomic E-state index is 10.3. The van der Waals surface area contributed by atoms with Crippen molar-refractivity contribution in [1.82, 2.24) is 0 Å². The van der Waals surface area contributed by atoms with Gasteiger partial charge in [-0.3, -0.25) is 4.79 Å². The van der Waals surface area contributed by atoms with Gasteiger partial charge in [0.05, 0.1) is 13.2 Å². The molecule has 1 aromatic carbocycles. The molecular weight excluding hydrogens is 182 g/mol. The van der Waals surface area contributed by atoms with Gasteiger partial charge >= 0.3 is 5.97 Å². The van der Waals surface area contributed by atoms with E-state index in [1.54, 1.807) is 0 Å². The summed E-state index contributed by atoms with van der Waals surface area (Å²) in [5.41, 5.74) is 6.26. The summed E-state index contributed by atoms with van der Waals surface area (Å²) in [4.78, 5) is 10.3. The number of benzene rings is 1. The van der Waals surface area contributed by atoms with Crippen molar-refractivity contribution in [1.29, 1.82) is 0 Å². The number of hydrogen-bond donors (Lipinski definition) is 2. The molecule has 4 heteroatoms. The van der Waals surface area contributed by atoms with E-state index in [2.05, 4.69) is 0 Å². The molecule has 0 heterocycles. The van der Waals surface area contributed by atoms with Crippen LogP contribution in [-0.2, 0) is 16.1 Å². The minimum absolute atomic E-state index is 0.0320. The molecule has 0 saturated carbocycles. The van der Waals surface area contributed by atoms with Crippen molar-refractivity contribution in [2.45, 2.75) is 12.6 Å². The van der Waals surface area contributed by atoms with E-state index in [0.29, 0.717) is 6.61 Å². The lowest BCUT2D eigenvalue weighted by Gasteiger charge is -2.07. The maximum atomic E-state index is 10.3. The Balaban J connectivity index is 2.26. The molecule has 76 valence electrons. The molecule has 0 aromatic heterocycles. The summed E-state index contributed by atoms with van der Waals surface area (Å²) in [6.45, 7) is 0.423. The zero-order valence-corrected chi connectivity index (χ0v) is 7.72. The van der Waals surface area contributed by atoms with Crippen molar-refractivity contribution in [2.75, 3.05) is 6.61 Å². The zero-order valence-electron chi connectivity index (χ0n) is 7.72. The van der Waals surface area contributed by atoms with Gasteiger partial charge in [-0.2, -0.15) is 0 Å². The highest BCUT2D eigenvalue weighted by atomic mass is 16.5. The molecule has 0 spiro atoms. The summed E-state index contributed by atoms with van der Waals surface area (Å²) in [7, 11) is 0. The molecule has 0 amide bonds. The first kappa shape index (κ1) is 10.7. The van der Waals surface area contributed by atoms with Crippen molar-refractivity contribution >= 4 is 5.97 Å². The molecular formula is C10H13NO3. The Morgan fingerprint density at radius 2 is 2.07 bits per heavy atom. The van der Waals surface area contributed by atoms with E-state index in [1.807, 2.05) is 30.3 Å². The summed E-state index contributed by atoms with van der Waals surface area (Å²) >= 11 is 0. The Labute approximate surface area is 82.3 Å². The van der Waals surface area contributed by atoms with Crippen LogP contribution in [0.15, 0.2) is 30.3 Å². The summed E-state index contributed by atoms with van der Waals surface area (Å²) in [6, 6.07) is 8.58. The first-order valence-corrected chi connectivity index (χ1v) is 4.30. The molecule has 0 radical (unpaired) electrons. The van der Waals surface area contributed by atoms with Crippen molar-refractivity contribution < 1.29 is 14.6 Å². The van der Waals surface area contributed by atoms with Crippen molar-refractivity contribution in [3.8, 4) is 0 Å². The molecule has 4 nitrogen and oxygen atoms in total. The Morgan fingerprint density at radius 1 is 1.43 bits per heavy atom. The molecule has 0 aliphatic heterocycles. The predicted octanol–water partition coefficient (Wildman–Crippen LogP) is 0.615. The standard InChI is InChI=1S/C10H13NO3/c11-9(10(12)13)7-14-6-8-4-2-1-3-5-8/h1-5,9H,6-7,11H2,(H,12,13)/t9-/m1/s1. The quantitative estimate of drug-likeness (QED) is 0.722. The van der Waals surface area contributed by atoms with E-state index >= 15 is 0 Å². The van der Waals surface area contributed by atoms with Gasteiger partial charge < -0.3 is 15.6 Å². The zero-order chi connectivity index (χ0) is 10.4. The van der Waals surface area contributed by atoms with Gasteiger partial charge in [-0.1, -0.05) is 30.3 Å². The summed E-state index contributed by atoms with van der Waals surface area (Å²) < 4.78 is 5.14. The molecule has 0 saturated heterocycles. The Kier molecular flexibility index (Phi) is 4.10. The summed E-state index contributed by atoms with van der Waals surface area (Å²) in [6.07, 6.45) is 0. The highest BCUT2D eigenvalue weighted by Gasteiger charge is 2.10. The van der Waals surface area contributed by atoms with Gasteiger partial charge in [-0.15, -0.1) is 0 Å². The molecule has 3 N–H and O–H groups in total. The van der Waals surface area contributed by atoms with Crippen molar-refractivity contribution in [3.05, 3.63) is 35.9 Å². The van der Waals surface area contributed by atoms with E-state index in [-0.39, 0.29) is 6.61 Å². The van der Waals surface area contributed by atoms with Gasteiger partial charge in [0, 0.05) is 0 Å². The smallest absolute Gasteiger partial charge is 0.322 e. The maximum Gasteiger partial charge on any atom is 0.322 e. The summed E-state index contributed by atoms with van der Waals surface area (Å²) in [5, 5.41) is 8.47. The molecule has 1 atom stereocenters. The molecule has 14 heavy (non-hydrogen) atoms. The molecule has 0 aliphatic carbocycles. The van der Waals surface area contributed by atoms with Crippen LogP contribution < -0.4 is 5.73 Å². The second-order valence-corrected chi connectivity index (χ2v) is 2.95. The average Bonchev–Trinajstić information content (AvgIpc) is 2.19. The summed E-state index contributed by atoms with van der Waals surface area (Å²) in [5.74, 6) is -1.04. The molecule has 1 aromatic rings. The van der Waals surface area contributed by atoms with Gasteiger partial charge in [0.2, 0.25) is 0 Å². The number of hydrogen-bond acceptors (Lipinski definition) is 3. The first-order chi connectivity index (χ1) is 6.70. The van der Waals surface area contributed by atoms with Crippen LogP contribution in [-0.4, -0.2) is 23.7 Å². The lowest BCUT2D eigenvalue weighted by atomic mass is 10.2. The second-order valence-electron chi connectivity index (χ2n) is 2.95. The van der Waals surface area contributed by atoms with Crippen LogP contribution in [0.4, 0.5) is 0 Å². The van der Waals surface area contributed by atoms with Crippen molar-refractivity contribution in [2.24, 2.45) is 5.73 Å². The fraction of sp³-hybridized carbons (Fsp3) is 0.300. The first-order valence-electron chi connectivity index (χ1n) is 4.30. The van der Waals surface area contributed by atoms with E-state index in [9.17, 15) is 4.79 Å². The van der Waals surface area contributed by atoms with Crippen LogP contribution in [0.2, 0.25) is 0 Å². The molecule has 0 bridgehead atoms. The average molecular weight is 195 g/mol. The molecule has 0 unspecified atom stereocenters. The van der Waals surface area contributed by atoms with Crippen LogP contribution in [0.25, 0.3) is 0 Å². The van der Waals surface area contributed by atoms with E-state index in [4.69, 9.17) is 15.6 Å². The third kappa shape index (κ3) is 3.55. The van der Waals surface area contributed by atoms with Crippen LogP contribution in [0.3, 0.4) is 0 Å².